The van der Waals surface area contributed by atoms with Crippen LogP contribution in [0.5, 0.6) is 0 Å². The average molecular weight is 327 g/mol. The van der Waals surface area contributed by atoms with E-state index in [9.17, 15) is 9.59 Å². The van der Waals surface area contributed by atoms with E-state index in [-0.39, 0.29) is 11.1 Å². The molecule has 0 bridgehead atoms. The average Bonchev–Trinajstić information content (AvgIpc) is 2.54. The van der Waals surface area contributed by atoms with Crippen molar-refractivity contribution in [2.45, 2.75) is 12.1 Å². The van der Waals surface area contributed by atoms with Gasteiger partial charge in [0.15, 0.2) is 10.8 Å². The number of hydrogen-bond acceptors (Lipinski definition) is 5. The maximum absolute atomic E-state index is 12.3. The van der Waals surface area contributed by atoms with E-state index in [0.29, 0.717) is 16.5 Å². The highest BCUT2D eigenvalue weighted by Crippen LogP contribution is 2.20. The molecule has 0 spiro atoms. The van der Waals surface area contributed by atoms with Gasteiger partial charge in [-0.05, 0) is 43.5 Å². The highest BCUT2D eigenvalue weighted by molar-refractivity contribution is 7.98. The van der Waals surface area contributed by atoms with Crippen molar-refractivity contribution in [3.63, 3.8) is 0 Å². The minimum absolute atomic E-state index is 0.164. The first kappa shape index (κ1) is 15.2. The number of aromatic carboxylic acids is 1. The number of aryl methyl sites for hydroxylation is 1. The van der Waals surface area contributed by atoms with Gasteiger partial charge < -0.3 is 5.11 Å². The van der Waals surface area contributed by atoms with Crippen LogP contribution in [0.3, 0.4) is 0 Å². The van der Waals surface area contributed by atoms with Gasteiger partial charge in [0.1, 0.15) is 0 Å². The number of nitrogens with zero attached hydrogens (tertiary/aromatic N) is 3. The van der Waals surface area contributed by atoms with Crippen molar-refractivity contribution in [3.05, 3.63) is 58.0 Å². The molecule has 0 radical (unpaired) electrons. The van der Waals surface area contributed by atoms with E-state index in [4.69, 9.17) is 5.11 Å². The summed E-state index contributed by atoms with van der Waals surface area (Å²) in [4.78, 5) is 32.1. The Hall–Kier alpha value is -2.67. The molecule has 0 atom stereocenters. The van der Waals surface area contributed by atoms with E-state index in [2.05, 4.69) is 9.97 Å². The zero-order valence-corrected chi connectivity index (χ0v) is 13.3. The first-order chi connectivity index (χ1) is 11.0. The highest BCUT2D eigenvalue weighted by atomic mass is 32.2. The SMILES string of the molecule is CSc1nc(C)c2ccc(=O)n(-c3ccc(C(=O)O)cc3)c2n1. The van der Waals surface area contributed by atoms with Gasteiger partial charge in [0, 0.05) is 11.5 Å². The number of thioether (sulfide) groups is 1. The number of rotatable bonds is 3. The van der Waals surface area contributed by atoms with Crippen molar-refractivity contribution in [2.75, 3.05) is 6.26 Å². The Morgan fingerprint density at radius 3 is 2.43 bits per heavy atom. The normalized spacial score (nSPS) is 10.9. The number of carbonyl (C=O) groups is 1. The summed E-state index contributed by atoms with van der Waals surface area (Å²) in [5.41, 5.74) is 1.80. The molecule has 1 aromatic carbocycles. The fraction of sp³-hybridized carbons (Fsp3) is 0.125. The minimum Gasteiger partial charge on any atom is -0.478 e. The third-order valence-electron chi connectivity index (χ3n) is 3.48. The first-order valence-electron chi connectivity index (χ1n) is 6.79. The molecule has 0 amide bonds. The summed E-state index contributed by atoms with van der Waals surface area (Å²) in [5, 5.41) is 10.3. The summed E-state index contributed by atoms with van der Waals surface area (Å²) in [6.07, 6.45) is 1.87. The molecular formula is C16H13N3O3S. The molecule has 0 aliphatic carbocycles. The zero-order chi connectivity index (χ0) is 16.6. The molecule has 3 rings (SSSR count). The molecule has 0 saturated carbocycles. The van der Waals surface area contributed by atoms with Gasteiger partial charge in [0.05, 0.1) is 16.9 Å². The molecule has 0 saturated heterocycles. The van der Waals surface area contributed by atoms with Crippen molar-refractivity contribution in [3.8, 4) is 5.69 Å². The summed E-state index contributed by atoms with van der Waals surface area (Å²) in [5.74, 6) is -1.01. The fourth-order valence-electron chi connectivity index (χ4n) is 2.33. The molecule has 23 heavy (non-hydrogen) atoms. The van der Waals surface area contributed by atoms with Gasteiger partial charge >= 0.3 is 5.97 Å². The van der Waals surface area contributed by atoms with Gasteiger partial charge in [-0.1, -0.05) is 11.8 Å². The Kier molecular flexibility index (Phi) is 3.87. The molecule has 2 heterocycles. The molecule has 2 aromatic heterocycles. The van der Waals surface area contributed by atoms with Crippen LogP contribution in [0.15, 0.2) is 46.3 Å². The molecule has 7 heteroatoms. The summed E-state index contributed by atoms with van der Waals surface area (Å²) in [6.45, 7) is 1.87. The van der Waals surface area contributed by atoms with E-state index in [1.807, 2.05) is 13.2 Å². The highest BCUT2D eigenvalue weighted by Gasteiger charge is 2.12. The lowest BCUT2D eigenvalue weighted by atomic mass is 10.2. The van der Waals surface area contributed by atoms with Crippen LogP contribution >= 0.6 is 11.8 Å². The van der Waals surface area contributed by atoms with Crippen LogP contribution in [-0.4, -0.2) is 31.9 Å². The standard InChI is InChI=1S/C16H13N3O3S/c1-9-12-7-8-13(20)19(14(12)18-16(17-9)23-2)11-5-3-10(4-6-11)15(21)22/h3-8H,1-2H3,(H,21,22). The maximum atomic E-state index is 12.3. The van der Waals surface area contributed by atoms with Crippen LogP contribution in [0, 0.1) is 6.92 Å². The third kappa shape index (κ3) is 2.70. The predicted molar refractivity (Wildman–Crippen MR) is 88.6 cm³/mol. The van der Waals surface area contributed by atoms with Crippen molar-refractivity contribution in [1.29, 1.82) is 0 Å². The first-order valence-corrected chi connectivity index (χ1v) is 8.02. The number of pyridine rings is 1. The topological polar surface area (TPSA) is 85.1 Å². The molecule has 0 aliphatic rings. The Bertz CT molecular complexity index is 965. The zero-order valence-electron chi connectivity index (χ0n) is 12.5. The van der Waals surface area contributed by atoms with Crippen molar-refractivity contribution in [1.82, 2.24) is 14.5 Å². The molecule has 3 aromatic rings. The van der Waals surface area contributed by atoms with E-state index in [0.717, 1.165) is 11.1 Å². The van der Waals surface area contributed by atoms with Crippen molar-refractivity contribution >= 4 is 28.8 Å². The number of carboxylic acid groups (broad SMARTS) is 1. The second-order valence-corrected chi connectivity index (χ2v) is 5.67. The summed E-state index contributed by atoms with van der Waals surface area (Å²) < 4.78 is 1.47. The van der Waals surface area contributed by atoms with Crippen LogP contribution in [0.2, 0.25) is 0 Å². The van der Waals surface area contributed by atoms with Crippen LogP contribution in [0.1, 0.15) is 16.1 Å². The van der Waals surface area contributed by atoms with Crippen LogP contribution in [-0.2, 0) is 0 Å². The van der Waals surface area contributed by atoms with Crippen LogP contribution < -0.4 is 5.56 Å². The molecule has 116 valence electrons. The number of aromatic nitrogens is 3. The summed E-state index contributed by atoms with van der Waals surface area (Å²) in [6, 6.07) is 9.29. The second kappa shape index (κ2) is 5.85. The Morgan fingerprint density at radius 1 is 1.13 bits per heavy atom. The lowest BCUT2D eigenvalue weighted by molar-refractivity contribution is 0.0697. The van der Waals surface area contributed by atoms with E-state index < -0.39 is 5.97 Å². The predicted octanol–water partition coefficient (Wildman–Crippen LogP) is 2.51. The molecule has 0 aliphatic heterocycles. The lowest BCUT2D eigenvalue weighted by Gasteiger charge is -2.11. The second-order valence-electron chi connectivity index (χ2n) is 4.89. The number of fused-ring (bicyclic) bond motifs is 1. The smallest absolute Gasteiger partial charge is 0.335 e. The Balaban J connectivity index is 2.31. The maximum Gasteiger partial charge on any atom is 0.335 e. The van der Waals surface area contributed by atoms with Crippen LogP contribution in [0.25, 0.3) is 16.7 Å². The fourth-order valence-corrected chi connectivity index (χ4v) is 2.74. The van der Waals surface area contributed by atoms with Gasteiger partial charge in [0.25, 0.3) is 5.56 Å². The summed E-state index contributed by atoms with van der Waals surface area (Å²) in [7, 11) is 0. The number of carboxylic acids is 1. The van der Waals surface area contributed by atoms with Gasteiger partial charge in [-0.2, -0.15) is 0 Å². The van der Waals surface area contributed by atoms with E-state index >= 15 is 0 Å². The van der Waals surface area contributed by atoms with E-state index in [1.54, 1.807) is 18.2 Å². The Morgan fingerprint density at radius 2 is 1.83 bits per heavy atom. The van der Waals surface area contributed by atoms with Gasteiger partial charge in [-0.25, -0.2) is 14.8 Å². The number of benzene rings is 1. The van der Waals surface area contributed by atoms with Gasteiger partial charge in [-0.3, -0.25) is 9.36 Å². The molecule has 1 N–H and O–H groups in total. The van der Waals surface area contributed by atoms with Gasteiger partial charge in [0.2, 0.25) is 0 Å². The number of hydrogen-bond donors (Lipinski definition) is 1. The van der Waals surface area contributed by atoms with Crippen molar-refractivity contribution < 1.29 is 9.90 Å². The monoisotopic (exact) mass is 327 g/mol. The van der Waals surface area contributed by atoms with Crippen molar-refractivity contribution in [2.24, 2.45) is 0 Å². The summed E-state index contributed by atoms with van der Waals surface area (Å²) >= 11 is 1.40. The van der Waals surface area contributed by atoms with Gasteiger partial charge in [-0.15, -0.1) is 0 Å². The quantitative estimate of drug-likeness (QED) is 0.588. The molecular weight excluding hydrogens is 314 g/mol. The lowest BCUT2D eigenvalue weighted by Crippen LogP contribution is -2.19. The van der Waals surface area contributed by atoms with E-state index in [1.165, 1.54) is 34.5 Å². The Labute approximate surface area is 135 Å². The molecule has 6 nitrogen and oxygen atoms in total. The van der Waals surface area contributed by atoms with Crippen LogP contribution in [0.4, 0.5) is 0 Å². The third-order valence-corrected chi connectivity index (χ3v) is 4.02. The molecule has 0 unspecified atom stereocenters. The molecule has 0 fully saturated rings. The minimum atomic E-state index is -1.01. The largest absolute Gasteiger partial charge is 0.478 e.